The van der Waals surface area contributed by atoms with Crippen molar-refractivity contribution >= 4 is 11.6 Å². The number of carbonyl (C=O) groups is 1. The van der Waals surface area contributed by atoms with Gasteiger partial charge in [-0.15, -0.1) is 0 Å². The molecular formula is C27H22N4O3. The van der Waals surface area contributed by atoms with E-state index in [0.717, 1.165) is 5.56 Å². The maximum absolute atomic E-state index is 13.4. The molecule has 168 valence electrons. The maximum atomic E-state index is 13.4. The molecule has 0 unspecified atom stereocenters. The predicted molar refractivity (Wildman–Crippen MR) is 131 cm³/mol. The van der Waals surface area contributed by atoms with Crippen molar-refractivity contribution in [3.05, 3.63) is 119 Å². The van der Waals surface area contributed by atoms with Gasteiger partial charge in [0.1, 0.15) is 11.4 Å². The minimum Gasteiger partial charge on any atom is -0.495 e. The summed E-state index contributed by atoms with van der Waals surface area (Å²) in [6.45, 7) is 0.502. The van der Waals surface area contributed by atoms with E-state index in [4.69, 9.17) is 4.74 Å². The van der Waals surface area contributed by atoms with E-state index in [2.05, 4.69) is 10.4 Å². The van der Waals surface area contributed by atoms with Crippen LogP contribution in [-0.4, -0.2) is 27.4 Å². The highest BCUT2D eigenvalue weighted by atomic mass is 16.5. The van der Waals surface area contributed by atoms with Crippen molar-refractivity contribution in [1.82, 2.24) is 14.3 Å². The molecule has 3 aromatic carbocycles. The third-order valence-electron chi connectivity index (χ3n) is 5.53. The number of nitrogens with zero attached hydrogens (tertiary/aromatic N) is 3. The van der Waals surface area contributed by atoms with Crippen LogP contribution >= 0.6 is 0 Å². The Labute approximate surface area is 196 Å². The molecule has 34 heavy (non-hydrogen) atoms. The van der Waals surface area contributed by atoms with Crippen molar-refractivity contribution in [3.63, 3.8) is 0 Å². The molecule has 0 radical (unpaired) electrons. The average molecular weight is 450 g/mol. The average Bonchev–Trinajstić information content (AvgIpc) is 3.21. The molecule has 0 bridgehead atoms. The Bertz CT molecular complexity index is 1470. The summed E-state index contributed by atoms with van der Waals surface area (Å²) in [5.41, 5.74) is 2.94. The van der Waals surface area contributed by atoms with Gasteiger partial charge in [-0.05, 0) is 29.8 Å². The zero-order chi connectivity index (χ0) is 23.5. The van der Waals surface area contributed by atoms with E-state index < -0.39 is 0 Å². The second-order valence-corrected chi connectivity index (χ2v) is 7.80. The summed E-state index contributed by atoms with van der Waals surface area (Å²) in [6.07, 6.45) is 3.47. The molecule has 0 atom stereocenters. The molecule has 0 spiro atoms. The number of methoxy groups -OCH3 is 1. The molecule has 0 aromatic heterocycles. The van der Waals surface area contributed by atoms with Gasteiger partial charge in [0, 0.05) is 18.9 Å². The van der Waals surface area contributed by atoms with Crippen LogP contribution in [-0.2, 0) is 6.54 Å². The molecule has 5 rings (SSSR count). The normalized spacial score (nSPS) is 10.9. The van der Waals surface area contributed by atoms with Gasteiger partial charge in [-0.2, -0.15) is 9.78 Å². The molecule has 7 heteroatoms. The highest BCUT2D eigenvalue weighted by molar-refractivity contribution is 6.08. The van der Waals surface area contributed by atoms with Crippen LogP contribution < -0.4 is 15.6 Å². The van der Waals surface area contributed by atoms with Crippen molar-refractivity contribution < 1.29 is 9.53 Å². The number of fused-ring (bicyclic) bond motifs is 1. The summed E-state index contributed by atoms with van der Waals surface area (Å²) < 4.78 is 8.53. The summed E-state index contributed by atoms with van der Waals surface area (Å²) in [6, 6.07) is 26.2. The predicted octanol–water partition coefficient (Wildman–Crippen LogP) is 4.45. The van der Waals surface area contributed by atoms with Crippen LogP contribution in [0.5, 0.6) is 5.75 Å². The van der Waals surface area contributed by atoms with Gasteiger partial charge < -0.3 is 14.6 Å². The van der Waals surface area contributed by atoms with Crippen LogP contribution in [0.2, 0.25) is 0 Å². The van der Waals surface area contributed by atoms with Crippen LogP contribution in [0.25, 0.3) is 16.9 Å². The van der Waals surface area contributed by atoms with Crippen molar-refractivity contribution in [2.45, 2.75) is 6.54 Å². The fraction of sp³-hybridized carbons (Fsp3) is 0.0741. The zero-order valence-corrected chi connectivity index (χ0v) is 18.5. The van der Waals surface area contributed by atoms with E-state index >= 15 is 0 Å². The third-order valence-corrected chi connectivity index (χ3v) is 5.53. The molecule has 0 fully saturated rings. The Hall–Kier alpha value is -4.65. The van der Waals surface area contributed by atoms with E-state index in [9.17, 15) is 9.59 Å². The Morgan fingerprint density at radius 1 is 0.912 bits per heavy atom. The Kier molecular flexibility index (Phi) is 5.66. The standard InChI is InChI=1S/C27H22N4O3/c1-34-24-15-9-8-14-23(24)28-26(32)21-17-30(16-19-10-4-2-5-11-19)18-22-25(21)29-31(27(22)33)20-12-6-3-7-13-20/h2-15,17-18H,16H2,1H3,(H,28,32). The molecular weight excluding hydrogens is 428 g/mol. The molecule has 7 nitrogen and oxygen atoms in total. The van der Waals surface area contributed by atoms with Crippen LogP contribution in [0, 0.1) is 0 Å². The number of pyridine rings is 1. The number of benzene rings is 3. The van der Waals surface area contributed by atoms with Gasteiger partial charge in [-0.25, -0.2) is 0 Å². The van der Waals surface area contributed by atoms with E-state index in [1.807, 2.05) is 65.2 Å². The third kappa shape index (κ3) is 4.06. The van der Waals surface area contributed by atoms with Gasteiger partial charge in [-0.3, -0.25) is 9.59 Å². The van der Waals surface area contributed by atoms with Crippen molar-refractivity contribution in [2.24, 2.45) is 0 Å². The Balaban J connectivity index is 1.63. The van der Waals surface area contributed by atoms with E-state index in [1.54, 1.807) is 43.8 Å². The number of ether oxygens (including phenoxy) is 1. The second kappa shape index (κ2) is 9.07. The van der Waals surface area contributed by atoms with Crippen molar-refractivity contribution in [1.29, 1.82) is 0 Å². The zero-order valence-electron chi connectivity index (χ0n) is 18.5. The summed E-state index contributed by atoms with van der Waals surface area (Å²) in [5, 5.41) is 7.44. The molecule has 0 aliphatic carbocycles. The molecule has 0 saturated carbocycles. The summed E-state index contributed by atoms with van der Waals surface area (Å²) in [7, 11) is 1.55. The minimum atomic E-state index is -0.380. The minimum absolute atomic E-state index is 0.282. The van der Waals surface area contributed by atoms with Crippen LogP contribution in [0.15, 0.2) is 102 Å². The second-order valence-electron chi connectivity index (χ2n) is 7.80. The van der Waals surface area contributed by atoms with Gasteiger partial charge in [0.05, 0.1) is 29.6 Å². The number of para-hydroxylation sites is 3. The Morgan fingerprint density at radius 3 is 2.32 bits per heavy atom. The van der Waals surface area contributed by atoms with Gasteiger partial charge in [0.25, 0.3) is 11.5 Å². The molecule has 3 aromatic rings. The topological polar surface area (TPSA) is 78.1 Å². The molecule has 1 N–H and O–H groups in total. The highest BCUT2D eigenvalue weighted by Gasteiger charge is 2.25. The van der Waals surface area contributed by atoms with Gasteiger partial charge >= 0.3 is 0 Å². The van der Waals surface area contributed by atoms with Crippen LogP contribution in [0.4, 0.5) is 5.69 Å². The molecule has 2 aliphatic heterocycles. The number of rotatable bonds is 6. The van der Waals surface area contributed by atoms with Gasteiger partial charge in [-0.1, -0.05) is 60.7 Å². The lowest BCUT2D eigenvalue weighted by molar-refractivity contribution is 0.102. The first-order valence-corrected chi connectivity index (χ1v) is 10.8. The van der Waals surface area contributed by atoms with Gasteiger partial charge in [0.15, 0.2) is 0 Å². The Morgan fingerprint density at radius 2 is 1.59 bits per heavy atom. The lowest BCUT2D eigenvalue weighted by Gasteiger charge is -2.14. The fourth-order valence-electron chi connectivity index (χ4n) is 3.89. The van der Waals surface area contributed by atoms with E-state index in [-0.39, 0.29) is 11.5 Å². The van der Waals surface area contributed by atoms with Crippen LogP contribution in [0.3, 0.4) is 0 Å². The summed E-state index contributed by atoms with van der Waals surface area (Å²) >= 11 is 0. The summed E-state index contributed by atoms with van der Waals surface area (Å²) in [4.78, 5) is 26.7. The smallest absolute Gasteiger partial charge is 0.282 e. The van der Waals surface area contributed by atoms with E-state index in [0.29, 0.717) is 40.5 Å². The first-order chi connectivity index (χ1) is 16.6. The van der Waals surface area contributed by atoms with E-state index in [1.165, 1.54) is 4.68 Å². The first-order valence-electron chi connectivity index (χ1n) is 10.8. The quantitative estimate of drug-likeness (QED) is 0.415. The van der Waals surface area contributed by atoms with Gasteiger partial charge in [0.2, 0.25) is 0 Å². The van der Waals surface area contributed by atoms with Crippen LogP contribution in [0.1, 0.15) is 15.9 Å². The lowest BCUT2D eigenvalue weighted by Crippen LogP contribution is -2.18. The number of hydrogen-bond donors (Lipinski definition) is 1. The molecule has 2 heterocycles. The van der Waals surface area contributed by atoms with Crippen molar-refractivity contribution in [2.75, 3.05) is 12.4 Å². The molecule has 1 amide bonds. The highest BCUT2D eigenvalue weighted by Crippen LogP contribution is 2.27. The molecule has 0 saturated heterocycles. The summed E-state index contributed by atoms with van der Waals surface area (Å²) in [5.74, 6) is 0.161. The number of amides is 1. The maximum Gasteiger partial charge on any atom is 0.282 e. The first kappa shape index (κ1) is 21.2. The number of hydrogen-bond acceptors (Lipinski definition) is 4. The SMILES string of the molecule is COc1ccccc1NC(=O)c1cn(Cc2ccccc2)cc2c(=O)n(-c3ccccc3)nc1-2. The largest absolute Gasteiger partial charge is 0.495 e. The number of anilines is 1. The monoisotopic (exact) mass is 450 g/mol. The molecule has 2 aliphatic rings. The lowest BCUT2D eigenvalue weighted by atomic mass is 10.1. The van der Waals surface area contributed by atoms with Crippen molar-refractivity contribution in [3.8, 4) is 22.7 Å². The number of aromatic nitrogens is 3. The fourth-order valence-corrected chi connectivity index (χ4v) is 3.89. The number of carbonyl (C=O) groups excluding carboxylic acids is 1. The number of nitrogens with one attached hydrogen (secondary N) is 1.